The van der Waals surface area contributed by atoms with Gasteiger partial charge in [0.1, 0.15) is 6.04 Å². The van der Waals surface area contributed by atoms with Crippen LogP contribution in [0, 0.1) is 0 Å². The number of likely N-dealkylation sites (tertiary alicyclic amines) is 1. The van der Waals surface area contributed by atoms with E-state index in [1.54, 1.807) is 0 Å². The molecule has 110 valence electrons. The maximum absolute atomic E-state index is 11.9. The Morgan fingerprint density at radius 1 is 1.26 bits per heavy atom. The van der Waals surface area contributed by atoms with Crippen molar-refractivity contribution in [2.24, 2.45) is 0 Å². The quantitative estimate of drug-likeness (QED) is 0.717. The second-order valence-electron chi connectivity index (χ2n) is 5.79. The van der Waals surface area contributed by atoms with Crippen LogP contribution in [-0.4, -0.2) is 49.2 Å². The van der Waals surface area contributed by atoms with Gasteiger partial charge in [0, 0.05) is 12.6 Å². The van der Waals surface area contributed by atoms with E-state index in [0.717, 1.165) is 13.0 Å². The molecular weight excluding hydrogens is 240 g/mol. The minimum Gasteiger partial charge on any atom is -0.465 e. The first kappa shape index (κ1) is 14.8. The first-order chi connectivity index (χ1) is 9.29. The fraction of sp³-hybridized carbons (Fsp3) is 0.933. The van der Waals surface area contributed by atoms with Gasteiger partial charge < -0.3 is 15.0 Å². The lowest BCUT2D eigenvalue weighted by atomic mass is 10.2. The smallest absolute Gasteiger partial charge is 0.323 e. The topological polar surface area (TPSA) is 41.6 Å². The summed E-state index contributed by atoms with van der Waals surface area (Å²) in [6.45, 7) is 5.76. The van der Waals surface area contributed by atoms with Crippen molar-refractivity contribution in [3.8, 4) is 0 Å². The highest BCUT2D eigenvalue weighted by atomic mass is 16.5. The third-order valence-corrected chi connectivity index (χ3v) is 4.02. The molecule has 1 atom stereocenters. The SMILES string of the molecule is CCOC(=O)C(CCN1CCCCCC1)NC1CC1. The summed E-state index contributed by atoms with van der Waals surface area (Å²) >= 11 is 0. The molecule has 1 unspecified atom stereocenters. The molecule has 1 saturated heterocycles. The van der Waals surface area contributed by atoms with Crippen molar-refractivity contribution in [3.05, 3.63) is 0 Å². The van der Waals surface area contributed by atoms with Crippen molar-refractivity contribution < 1.29 is 9.53 Å². The van der Waals surface area contributed by atoms with Gasteiger partial charge in [0.25, 0.3) is 0 Å². The van der Waals surface area contributed by atoms with Gasteiger partial charge in [-0.2, -0.15) is 0 Å². The molecule has 0 amide bonds. The fourth-order valence-corrected chi connectivity index (χ4v) is 2.72. The van der Waals surface area contributed by atoms with Gasteiger partial charge in [0.2, 0.25) is 0 Å². The number of ether oxygens (including phenoxy) is 1. The fourth-order valence-electron chi connectivity index (χ4n) is 2.72. The average molecular weight is 268 g/mol. The molecule has 2 fully saturated rings. The van der Waals surface area contributed by atoms with Crippen molar-refractivity contribution >= 4 is 5.97 Å². The number of hydrogen-bond acceptors (Lipinski definition) is 4. The summed E-state index contributed by atoms with van der Waals surface area (Å²) in [6.07, 6.45) is 8.63. The summed E-state index contributed by atoms with van der Waals surface area (Å²) in [5.74, 6) is -0.0655. The molecule has 19 heavy (non-hydrogen) atoms. The molecule has 1 heterocycles. The predicted octanol–water partition coefficient (Wildman–Crippen LogP) is 1.94. The zero-order chi connectivity index (χ0) is 13.5. The monoisotopic (exact) mass is 268 g/mol. The first-order valence-electron chi connectivity index (χ1n) is 7.94. The van der Waals surface area contributed by atoms with Crippen LogP contribution >= 0.6 is 0 Å². The third kappa shape index (κ3) is 5.49. The van der Waals surface area contributed by atoms with Crippen LogP contribution in [0.3, 0.4) is 0 Å². The van der Waals surface area contributed by atoms with Crippen LogP contribution in [0.2, 0.25) is 0 Å². The van der Waals surface area contributed by atoms with Gasteiger partial charge in [-0.05, 0) is 52.1 Å². The Balaban J connectivity index is 1.75. The number of hydrogen-bond donors (Lipinski definition) is 1. The van der Waals surface area contributed by atoms with Crippen LogP contribution in [0.25, 0.3) is 0 Å². The van der Waals surface area contributed by atoms with Crippen molar-refractivity contribution in [1.82, 2.24) is 10.2 Å². The number of carbonyl (C=O) groups is 1. The van der Waals surface area contributed by atoms with E-state index in [-0.39, 0.29) is 12.0 Å². The summed E-state index contributed by atoms with van der Waals surface area (Å²) in [4.78, 5) is 14.5. The van der Waals surface area contributed by atoms with E-state index < -0.39 is 0 Å². The zero-order valence-electron chi connectivity index (χ0n) is 12.2. The molecule has 0 aromatic carbocycles. The lowest BCUT2D eigenvalue weighted by Gasteiger charge is -2.23. The molecule has 0 aromatic heterocycles. The van der Waals surface area contributed by atoms with Crippen LogP contribution < -0.4 is 5.32 Å². The minimum absolute atomic E-state index is 0.0655. The molecule has 2 aliphatic rings. The molecule has 4 heteroatoms. The number of esters is 1. The maximum atomic E-state index is 11.9. The van der Waals surface area contributed by atoms with Crippen molar-refractivity contribution in [2.75, 3.05) is 26.2 Å². The molecule has 1 saturated carbocycles. The zero-order valence-corrected chi connectivity index (χ0v) is 12.2. The lowest BCUT2D eigenvalue weighted by molar-refractivity contribution is -0.146. The van der Waals surface area contributed by atoms with Crippen LogP contribution in [0.4, 0.5) is 0 Å². The Morgan fingerprint density at radius 3 is 2.53 bits per heavy atom. The van der Waals surface area contributed by atoms with Gasteiger partial charge in [-0.25, -0.2) is 0 Å². The highest BCUT2D eigenvalue weighted by Gasteiger charge is 2.29. The van der Waals surface area contributed by atoms with Gasteiger partial charge in [-0.1, -0.05) is 12.8 Å². The largest absolute Gasteiger partial charge is 0.465 e. The molecule has 1 N–H and O–H groups in total. The molecule has 2 rings (SSSR count). The van der Waals surface area contributed by atoms with Crippen LogP contribution in [0.15, 0.2) is 0 Å². The van der Waals surface area contributed by atoms with Crippen molar-refractivity contribution in [3.63, 3.8) is 0 Å². The molecule has 0 radical (unpaired) electrons. The number of nitrogens with zero attached hydrogens (tertiary/aromatic N) is 1. The average Bonchev–Trinajstić information content (AvgIpc) is 3.22. The second-order valence-corrected chi connectivity index (χ2v) is 5.79. The Labute approximate surface area is 116 Å². The Kier molecular flexibility index (Phi) is 6.11. The summed E-state index contributed by atoms with van der Waals surface area (Å²) in [6, 6.07) is 0.453. The van der Waals surface area contributed by atoms with E-state index in [1.807, 2.05) is 6.92 Å². The van der Waals surface area contributed by atoms with Crippen molar-refractivity contribution in [2.45, 2.75) is 64.0 Å². The van der Waals surface area contributed by atoms with Gasteiger partial charge in [-0.15, -0.1) is 0 Å². The third-order valence-electron chi connectivity index (χ3n) is 4.02. The summed E-state index contributed by atoms with van der Waals surface area (Å²) in [7, 11) is 0. The standard InChI is InChI=1S/C15H28N2O2/c1-2-19-15(18)14(16-13-7-8-13)9-12-17-10-5-3-4-6-11-17/h13-14,16H,2-12H2,1H3. The van der Waals surface area contributed by atoms with E-state index >= 15 is 0 Å². The summed E-state index contributed by atoms with van der Waals surface area (Å²) in [5.41, 5.74) is 0. The Morgan fingerprint density at radius 2 is 1.95 bits per heavy atom. The van der Waals surface area contributed by atoms with Gasteiger partial charge in [0.05, 0.1) is 6.61 Å². The molecule has 0 bridgehead atoms. The first-order valence-corrected chi connectivity index (χ1v) is 7.94. The molecule has 1 aliphatic carbocycles. The van der Waals surface area contributed by atoms with E-state index in [1.165, 1.54) is 51.6 Å². The van der Waals surface area contributed by atoms with Crippen molar-refractivity contribution in [1.29, 1.82) is 0 Å². The summed E-state index contributed by atoms with van der Waals surface area (Å²) in [5, 5.41) is 3.43. The van der Waals surface area contributed by atoms with E-state index in [2.05, 4.69) is 10.2 Å². The molecular formula is C15H28N2O2. The second kappa shape index (κ2) is 7.85. The number of rotatable bonds is 7. The van der Waals surface area contributed by atoms with Crippen LogP contribution in [0.1, 0.15) is 51.9 Å². The maximum Gasteiger partial charge on any atom is 0.323 e. The number of nitrogens with one attached hydrogen (secondary N) is 1. The van der Waals surface area contributed by atoms with E-state index in [9.17, 15) is 4.79 Å². The molecule has 1 aliphatic heterocycles. The highest BCUT2D eigenvalue weighted by Crippen LogP contribution is 2.20. The van der Waals surface area contributed by atoms with Gasteiger partial charge in [0.15, 0.2) is 0 Å². The van der Waals surface area contributed by atoms with Gasteiger partial charge in [-0.3, -0.25) is 4.79 Å². The molecule has 4 nitrogen and oxygen atoms in total. The lowest BCUT2D eigenvalue weighted by Crippen LogP contribution is -2.42. The van der Waals surface area contributed by atoms with E-state index in [4.69, 9.17) is 4.74 Å². The number of carbonyl (C=O) groups excluding carboxylic acids is 1. The van der Waals surface area contributed by atoms with Crippen LogP contribution in [-0.2, 0) is 9.53 Å². The van der Waals surface area contributed by atoms with Crippen LogP contribution in [0.5, 0.6) is 0 Å². The van der Waals surface area contributed by atoms with Gasteiger partial charge >= 0.3 is 5.97 Å². The molecule has 0 spiro atoms. The minimum atomic E-state index is -0.101. The molecule has 0 aromatic rings. The van der Waals surface area contributed by atoms with E-state index in [0.29, 0.717) is 12.6 Å². The predicted molar refractivity (Wildman–Crippen MR) is 76.1 cm³/mol. The Bertz CT molecular complexity index is 271. The Hall–Kier alpha value is -0.610. The summed E-state index contributed by atoms with van der Waals surface area (Å²) < 4.78 is 5.18. The highest BCUT2D eigenvalue weighted by molar-refractivity contribution is 5.75. The normalized spacial score (nSPS) is 22.8.